The van der Waals surface area contributed by atoms with Gasteiger partial charge in [0, 0.05) is 25.5 Å². The van der Waals surface area contributed by atoms with E-state index in [0.29, 0.717) is 23.3 Å². The molecule has 0 radical (unpaired) electrons. The molecule has 0 amide bonds. The predicted octanol–water partition coefficient (Wildman–Crippen LogP) is 3.60. The highest BCUT2D eigenvalue weighted by molar-refractivity contribution is 6.26. The number of aromatic amines is 1. The van der Waals surface area contributed by atoms with Gasteiger partial charge >= 0.3 is 6.01 Å². The van der Waals surface area contributed by atoms with Gasteiger partial charge < -0.3 is 14.8 Å². The van der Waals surface area contributed by atoms with E-state index in [-0.39, 0.29) is 45.9 Å². The van der Waals surface area contributed by atoms with Crippen LogP contribution in [0, 0.1) is 5.41 Å². The number of ether oxygens (including phenoxy) is 1. The van der Waals surface area contributed by atoms with E-state index in [1.54, 1.807) is 7.05 Å². The molecule has 150 valence electrons. The molecule has 29 heavy (non-hydrogen) atoms. The molecule has 0 bridgehead atoms. The Balaban J connectivity index is 2.13. The number of hydrogen-bond donors (Lipinski definition) is 2. The summed E-state index contributed by atoms with van der Waals surface area (Å²) in [7, 11) is 3.00. The molecule has 2 heterocycles. The lowest BCUT2D eigenvalue weighted by molar-refractivity contribution is -0.116. The number of ketones is 1. The van der Waals surface area contributed by atoms with Crippen molar-refractivity contribution in [2.75, 3.05) is 7.11 Å². The second-order valence-electron chi connectivity index (χ2n) is 8.19. The van der Waals surface area contributed by atoms with E-state index in [9.17, 15) is 14.7 Å². The molecule has 7 nitrogen and oxygen atoms in total. The van der Waals surface area contributed by atoms with Gasteiger partial charge in [0.1, 0.15) is 11.4 Å². The van der Waals surface area contributed by atoms with Crippen LogP contribution in [0.3, 0.4) is 0 Å². The molecule has 7 heteroatoms. The fraction of sp³-hybridized carbons (Fsp3) is 0.318. The molecule has 0 fully saturated rings. The molecule has 1 aliphatic carbocycles. The van der Waals surface area contributed by atoms with E-state index in [1.165, 1.54) is 11.7 Å². The van der Waals surface area contributed by atoms with Crippen LogP contribution in [0.1, 0.15) is 32.3 Å². The van der Waals surface area contributed by atoms with E-state index < -0.39 is 0 Å². The van der Waals surface area contributed by atoms with Gasteiger partial charge in [0.2, 0.25) is 0 Å². The third-order valence-corrected chi connectivity index (χ3v) is 5.34. The Hall–Kier alpha value is -3.35. The van der Waals surface area contributed by atoms with E-state index in [4.69, 9.17) is 4.74 Å². The van der Waals surface area contributed by atoms with Crippen LogP contribution in [0.5, 0.6) is 6.01 Å². The second-order valence-corrected chi connectivity index (χ2v) is 8.19. The van der Waals surface area contributed by atoms with Crippen molar-refractivity contribution in [3.8, 4) is 17.3 Å². The van der Waals surface area contributed by atoms with Crippen LogP contribution >= 0.6 is 0 Å². The number of Topliss-reactive ketones (excluding diaryl/α,β-unsaturated/α-hetero) is 1. The maximum absolute atomic E-state index is 13.2. The summed E-state index contributed by atoms with van der Waals surface area (Å²) in [5, 5.41) is 11.1. The van der Waals surface area contributed by atoms with Crippen LogP contribution in [0.4, 0.5) is 0 Å². The number of aliphatic hydroxyl groups excluding tert-OH is 1. The number of allylic oxidation sites excluding steroid dienone is 2. The van der Waals surface area contributed by atoms with Crippen molar-refractivity contribution in [1.29, 1.82) is 0 Å². The number of rotatable bonds is 3. The second kappa shape index (κ2) is 6.62. The number of carbonyl (C=O) groups is 1. The predicted molar refractivity (Wildman–Crippen MR) is 111 cm³/mol. The van der Waals surface area contributed by atoms with Gasteiger partial charge in [0.05, 0.1) is 23.8 Å². The third-order valence-electron chi connectivity index (χ3n) is 5.34. The normalized spacial score (nSPS) is 16.5. The van der Waals surface area contributed by atoms with Crippen LogP contribution in [0.25, 0.3) is 27.9 Å². The topological polar surface area (TPSA) is 97.2 Å². The lowest BCUT2D eigenvalue weighted by Crippen LogP contribution is -2.26. The number of nitrogens with zero attached hydrogens (tertiary/aromatic N) is 2. The Morgan fingerprint density at radius 3 is 2.48 bits per heavy atom. The standard InChI is InChI=1S/C22H23N3O4/c1-22(2)10-13(26)15(14(27)11-22)16-17-19(24-21(29-4)25(3)20(17)28)23-18(16)12-8-6-5-7-9-12/h5-9,23,26H,10-11H2,1-4H3. The van der Waals surface area contributed by atoms with Crippen molar-refractivity contribution in [2.24, 2.45) is 12.5 Å². The fourth-order valence-electron chi connectivity index (χ4n) is 4.03. The van der Waals surface area contributed by atoms with Crippen LogP contribution in [0.2, 0.25) is 0 Å². The summed E-state index contributed by atoms with van der Waals surface area (Å²) in [5.41, 5.74) is 1.59. The van der Waals surface area contributed by atoms with Crippen molar-refractivity contribution < 1.29 is 14.6 Å². The quantitative estimate of drug-likeness (QED) is 0.709. The minimum atomic E-state index is -0.349. The lowest BCUT2D eigenvalue weighted by Gasteiger charge is -2.29. The number of nitrogens with one attached hydrogen (secondary N) is 1. The summed E-state index contributed by atoms with van der Waals surface area (Å²) in [6.45, 7) is 3.88. The van der Waals surface area contributed by atoms with E-state index in [2.05, 4.69) is 9.97 Å². The smallest absolute Gasteiger partial charge is 0.300 e. The summed E-state index contributed by atoms with van der Waals surface area (Å²) < 4.78 is 6.50. The van der Waals surface area contributed by atoms with Crippen molar-refractivity contribution in [3.63, 3.8) is 0 Å². The lowest BCUT2D eigenvalue weighted by atomic mass is 9.74. The van der Waals surface area contributed by atoms with Gasteiger partial charge in [0.25, 0.3) is 5.56 Å². The molecule has 3 aromatic rings. The zero-order valence-corrected chi connectivity index (χ0v) is 16.9. The first-order valence-electron chi connectivity index (χ1n) is 9.41. The number of H-pyrrole nitrogens is 1. The van der Waals surface area contributed by atoms with Gasteiger partial charge in [-0.1, -0.05) is 44.2 Å². The summed E-state index contributed by atoms with van der Waals surface area (Å²) in [4.78, 5) is 33.8. The summed E-state index contributed by atoms with van der Waals surface area (Å²) in [6, 6.07) is 9.55. The minimum Gasteiger partial charge on any atom is -0.512 e. The van der Waals surface area contributed by atoms with E-state index in [0.717, 1.165) is 5.56 Å². The summed E-state index contributed by atoms with van der Waals surface area (Å²) in [6.07, 6.45) is 0.649. The Kier molecular flexibility index (Phi) is 4.33. The molecule has 0 aliphatic heterocycles. The third kappa shape index (κ3) is 3.03. The monoisotopic (exact) mass is 393 g/mol. The molecule has 4 rings (SSSR count). The molecule has 2 aromatic heterocycles. The van der Waals surface area contributed by atoms with Crippen molar-refractivity contribution in [2.45, 2.75) is 26.7 Å². The van der Waals surface area contributed by atoms with Gasteiger partial charge in [-0.15, -0.1) is 0 Å². The van der Waals surface area contributed by atoms with E-state index in [1.807, 2.05) is 44.2 Å². The number of hydrogen-bond acceptors (Lipinski definition) is 5. The number of carbonyl (C=O) groups excluding carboxylic acids is 1. The molecule has 0 saturated heterocycles. The number of methoxy groups -OCH3 is 1. The molecule has 1 aliphatic rings. The minimum absolute atomic E-state index is 0.00204. The van der Waals surface area contributed by atoms with Gasteiger partial charge in [-0.3, -0.25) is 14.2 Å². The average Bonchev–Trinajstić information content (AvgIpc) is 3.03. The first-order valence-corrected chi connectivity index (χ1v) is 9.41. The SMILES string of the molecule is COc1nc2[nH]c(-c3ccccc3)c(C3=C(O)CC(C)(C)CC3=O)c2c(=O)n1C. The number of fused-ring (bicyclic) bond motifs is 1. The number of aliphatic hydroxyl groups is 1. The molecular weight excluding hydrogens is 370 g/mol. The highest BCUT2D eigenvalue weighted by Crippen LogP contribution is 2.43. The molecule has 0 unspecified atom stereocenters. The zero-order valence-electron chi connectivity index (χ0n) is 16.9. The molecular formula is C22H23N3O4. The molecule has 0 atom stereocenters. The Bertz CT molecular complexity index is 1220. The Labute approximate surface area is 167 Å². The largest absolute Gasteiger partial charge is 0.512 e. The van der Waals surface area contributed by atoms with Crippen LogP contribution in [-0.4, -0.2) is 32.5 Å². The first kappa shape index (κ1) is 19.0. The van der Waals surface area contributed by atoms with Crippen molar-refractivity contribution in [1.82, 2.24) is 14.5 Å². The van der Waals surface area contributed by atoms with Gasteiger partial charge in [-0.2, -0.15) is 4.98 Å². The van der Waals surface area contributed by atoms with Gasteiger partial charge in [-0.25, -0.2) is 0 Å². The van der Waals surface area contributed by atoms with Gasteiger partial charge in [-0.05, 0) is 11.0 Å². The number of benzene rings is 1. The highest BCUT2D eigenvalue weighted by Gasteiger charge is 2.36. The van der Waals surface area contributed by atoms with E-state index >= 15 is 0 Å². The Morgan fingerprint density at radius 2 is 1.86 bits per heavy atom. The van der Waals surface area contributed by atoms with Crippen LogP contribution < -0.4 is 10.3 Å². The summed E-state index contributed by atoms with van der Waals surface area (Å²) in [5.74, 6) is -0.183. The van der Waals surface area contributed by atoms with Crippen molar-refractivity contribution in [3.05, 3.63) is 52.0 Å². The van der Waals surface area contributed by atoms with Crippen molar-refractivity contribution >= 4 is 22.4 Å². The fourth-order valence-corrected chi connectivity index (χ4v) is 4.03. The number of aromatic nitrogens is 3. The first-order chi connectivity index (χ1) is 13.7. The molecule has 1 aromatic carbocycles. The summed E-state index contributed by atoms with van der Waals surface area (Å²) >= 11 is 0. The maximum Gasteiger partial charge on any atom is 0.300 e. The zero-order chi connectivity index (χ0) is 20.9. The molecule has 0 spiro atoms. The van der Waals surface area contributed by atoms with Crippen LogP contribution in [-0.2, 0) is 11.8 Å². The average molecular weight is 393 g/mol. The molecule has 0 saturated carbocycles. The highest BCUT2D eigenvalue weighted by atomic mass is 16.5. The Morgan fingerprint density at radius 1 is 1.17 bits per heavy atom. The van der Waals surface area contributed by atoms with Gasteiger partial charge in [0.15, 0.2) is 5.78 Å². The molecule has 2 N–H and O–H groups in total. The maximum atomic E-state index is 13.2. The van der Waals surface area contributed by atoms with Crippen LogP contribution in [0.15, 0.2) is 40.9 Å².